The molecule has 6 nitrogen and oxygen atoms in total. The van der Waals surface area contributed by atoms with E-state index in [2.05, 4.69) is 27.1 Å². The average molecular weight is 390 g/mol. The van der Waals surface area contributed by atoms with E-state index in [1.165, 1.54) is 5.69 Å². The van der Waals surface area contributed by atoms with E-state index in [-0.39, 0.29) is 0 Å². The van der Waals surface area contributed by atoms with E-state index in [1.807, 2.05) is 18.2 Å². The number of piperazine rings is 1. The van der Waals surface area contributed by atoms with Crippen LogP contribution >= 0.6 is 11.6 Å². The number of ether oxygens (including phenoxy) is 3. The number of hydrogen-bond donors (Lipinski definition) is 0. The van der Waals surface area contributed by atoms with Gasteiger partial charge in [-0.3, -0.25) is 5.01 Å². The van der Waals surface area contributed by atoms with E-state index < -0.39 is 0 Å². The molecule has 144 valence electrons. The Balaban J connectivity index is 1.66. The summed E-state index contributed by atoms with van der Waals surface area (Å²) in [6, 6.07) is 11.6. The molecule has 0 saturated carbocycles. The van der Waals surface area contributed by atoms with Gasteiger partial charge >= 0.3 is 0 Å². The van der Waals surface area contributed by atoms with Gasteiger partial charge in [-0.15, -0.1) is 0 Å². The van der Waals surface area contributed by atoms with Gasteiger partial charge in [-0.05, 0) is 30.3 Å². The molecule has 0 unspecified atom stereocenters. The van der Waals surface area contributed by atoms with Crippen molar-refractivity contribution in [3.05, 3.63) is 47.0 Å². The second-order valence-corrected chi connectivity index (χ2v) is 6.55. The van der Waals surface area contributed by atoms with Crippen molar-refractivity contribution in [1.29, 1.82) is 0 Å². The lowest BCUT2D eigenvalue weighted by Crippen LogP contribution is -2.44. The van der Waals surface area contributed by atoms with E-state index in [0.29, 0.717) is 17.2 Å². The highest BCUT2D eigenvalue weighted by Crippen LogP contribution is 2.33. The van der Waals surface area contributed by atoms with Gasteiger partial charge in [0.2, 0.25) is 0 Å². The molecule has 1 aliphatic heterocycles. The topological polar surface area (TPSA) is 46.5 Å². The van der Waals surface area contributed by atoms with Crippen LogP contribution in [0.5, 0.6) is 17.2 Å². The van der Waals surface area contributed by atoms with Crippen molar-refractivity contribution >= 4 is 23.5 Å². The summed E-state index contributed by atoms with van der Waals surface area (Å²) in [6.45, 7) is 3.49. The van der Waals surface area contributed by atoms with E-state index in [4.69, 9.17) is 25.8 Å². The van der Waals surface area contributed by atoms with E-state index in [0.717, 1.165) is 36.8 Å². The molecule has 0 bridgehead atoms. The number of anilines is 1. The average Bonchev–Trinajstić information content (AvgIpc) is 2.72. The third kappa shape index (κ3) is 4.57. The van der Waals surface area contributed by atoms with Crippen molar-refractivity contribution in [2.75, 3.05) is 52.4 Å². The summed E-state index contributed by atoms with van der Waals surface area (Å²) >= 11 is 5.97. The standard InChI is InChI=1S/C20H24ClN3O3/c1-25-18-13-20(27-3)19(26-2)12-15(18)14-22-24-10-8-23(9-11-24)17-6-4-16(21)5-7-17/h4-7,12-14H,8-11H2,1-3H3/b22-14-. The van der Waals surface area contributed by atoms with Crippen LogP contribution in [0.1, 0.15) is 5.56 Å². The van der Waals surface area contributed by atoms with Gasteiger partial charge < -0.3 is 19.1 Å². The highest BCUT2D eigenvalue weighted by molar-refractivity contribution is 6.30. The number of halogens is 1. The Labute approximate surface area is 164 Å². The third-order valence-electron chi connectivity index (χ3n) is 4.54. The highest BCUT2D eigenvalue weighted by atomic mass is 35.5. The number of nitrogens with zero attached hydrogens (tertiary/aromatic N) is 3. The van der Waals surface area contributed by atoms with Gasteiger partial charge in [-0.1, -0.05) is 11.6 Å². The molecule has 0 spiro atoms. The van der Waals surface area contributed by atoms with Crippen LogP contribution in [0.15, 0.2) is 41.5 Å². The zero-order chi connectivity index (χ0) is 19.2. The van der Waals surface area contributed by atoms with Crippen LogP contribution in [-0.2, 0) is 0 Å². The van der Waals surface area contributed by atoms with Crippen molar-refractivity contribution in [1.82, 2.24) is 5.01 Å². The fraction of sp³-hybridized carbons (Fsp3) is 0.350. The minimum atomic E-state index is 0.628. The third-order valence-corrected chi connectivity index (χ3v) is 4.80. The molecule has 7 heteroatoms. The molecular weight excluding hydrogens is 366 g/mol. The monoisotopic (exact) mass is 389 g/mol. The summed E-state index contributed by atoms with van der Waals surface area (Å²) in [4.78, 5) is 2.33. The van der Waals surface area contributed by atoms with Crippen LogP contribution < -0.4 is 19.1 Å². The summed E-state index contributed by atoms with van der Waals surface area (Å²) in [5.74, 6) is 1.96. The first-order valence-electron chi connectivity index (χ1n) is 8.74. The van der Waals surface area contributed by atoms with Crippen molar-refractivity contribution in [3.8, 4) is 17.2 Å². The number of hydrogen-bond acceptors (Lipinski definition) is 6. The van der Waals surface area contributed by atoms with Gasteiger partial charge in [0.05, 0.1) is 40.6 Å². The first-order chi connectivity index (χ1) is 13.1. The lowest BCUT2D eigenvalue weighted by Gasteiger charge is -2.34. The molecule has 0 aliphatic carbocycles. The van der Waals surface area contributed by atoms with Gasteiger partial charge in [0, 0.05) is 35.4 Å². The van der Waals surface area contributed by atoms with Crippen molar-refractivity contribution in [3.63, 3.8) is 0 Å². The Bertz CT molecular complexity index is 788. The van der Waals surface area contributed by atoms with Gasteiger partial charge in [0.1, 0.15) is 5.75 Å². The predicted octanol–water partition coefficient (Wildman–Crippen LogP) is 3.52. The van der Waals surface area contributed by atoms with Crippen LogP contribution in [0.25, 0.3) is 0 Å². The number of benzene rings is 2. The molecule has 0 aromatic heterocycles. The summed E-state index contributed by atoms with van der Waals surface area (Å²) in [7, 11) is 4.84. The predicted molar refractivity (Wildman–Crippen MR) is 109 cm³/mol. The Morgan fingerprint density at radius 1 is 0.852 bits per heavy atom. The fourth-order valence-electron chi connectivity index (χ4n) is 3.02. The second kappa shape index (κ2) is 8.86. The lowest BCUT2D eigenvalue weighted by atomic mass is 10.2. The van der Waals surface area contributed by atoms with Crippen molar-refractivity contribution in [2.24, 2.45) is 5.10 Å². The number of methoxy groups -OCH3 is 3. The van der Waals surface area contributed by atoms with E-state index in [9.17, 15) is 0 Å². The van der Waals surface area contributed by atoms with Gasteiger partial charge in [0.15, 0.2) is 11.5 Å². The lowest BCUT2D eigenvalue weighted by molar-refractivity contribution is 0.272. The molecule has 27 heavy (non-hydrogen) atoms. The molecule has 1 saturated heterocycles. The second-order valence-electron chi connectivity index (χ2n) is 6.11. The molecule has 0 atom stereocenters. The molecule has 2 aromatic carbocycles. The zero-order valence-corrected chi connectivity index (χ0v) is 16.6. The normalized spacial score (nSPS) is 14.5. The van der Waals surface area contributed by atoms with Crippen LogP contribution in [0.4, 0.5) is 5.69 Å². The first kappa shape index (κ1) is 19.2. The quantitative estimate of drug-likeness (QED) is 0.707. The van der Waals surface area contributed by atoms with Crippen LogP contribution in [0, 0.1) is 0 Å². The number of hydrazone groups is 1. The highest BCUT2D eigenvalue weighted by Gasteiger charge is 2.16. The Morgan fingerprint density at radius 3 is 2.04 bits per heavy atom. The maximum atomic E-state index is 5.97. The summed E-state index contributed by atoms with van der Waals surface area (Å²) in [5, 5.41) is 7.43. The maximum absolute atomic E-state index is 5.97. The Hall–Kier alpha value is -2.60. The van der Waals surface area contributed by atoms with Gasteiger partial charge in [-0.25, -0.2) is 0 Å². The summed E-state index contributed by atoms with van der Waals surface area (Å²) < 4.78 is 16.1. The van der Waals surface area contributed by atoms with Crippen LogP contribution in [0.3, 0.4) is 0 Å². The minimum Gasteiger partial charge on any atom is -0.496 e. The molecule has 1 fully saturated rings. The molecule has 0 amide bonds. The van der Waals surface area contributed by atoms with Gasteiger partial charge in [0.25, 0.3) is 0 Å². The molecule has 0 N–H and O–H groups in total. The molecule has 1 heterocycles. The largest absolute Gasteiger partial charge is 0.496 e. The van der Waals surface area contributed by atoms with Crippen LogP contribution in [-0.4, -0.2) is 58.7 Å². The van der Waals surface area contributed by atoms with E-state index in [1.54, 1.807) is 33.6 Å². The summed E-state index contributed by atoms with van der Waals surface area (Å²) in [6.07, 6.45) is 1.80. The smallest absolute Gasteiger partial charge is 0.164 e. The van der Waals surface area contributed by atoms with Gasteiger partial charge in [-0.2, -0.15) is 5.10 Å². The van der Waals surface area contributed by atoms with E-state index >= 15 is 0 Å². The summed E-state index contributed by atoms with van der Waals surface area (Å²) in [5.41, 5.74) is 2.03. The Kier molecular flexibility index (Phi) is 6.29. The van der Waals surface area contributed by atoms with Crippen molar-refractivity contribution in [2.45, 2.75) is 0 Å². The molecular formula is C20H24ClN3O3. The SMILES string of the molecule is COc1cc(OC)c(OC)cc1/C=N\N1CCN(c2ccc(Cl)cc2)CC1. The number of rotatable bonds is 6. The van der Waals surface area contributed by atoms with Crippen molar-refractivity contribution < 1.29 is 14.2 Å². The molecule has 0 radical (unpaired) electrons. The zero-order valence-electron chi connectivity index (χ0n) is 15.8. The Morgan fingerprint density at radius 2 is 1.44 bits per heavy atom. The first-order valence-corrected chi connectivity index (χ1v) is 9.12. The molecule has 2 aromatic rings. The fourth-order valence-corrected chi connectivity index (χ4v) is 3.15. The maximum Gasteiger partial charge on any atom is 0.164 e. The minimum absolute atomic E-state index is 0.628. The van der Waals surface area contributed by atoms with Crippen LogP contribution in [0.2, 0.25) is 5.02 Å². The molecule has 3 rings (SSSR count). The molecule has 1 aliphatic rings.